The summed E-state index contributed by atoms with van der Waals surface area (Å²) in [5.74, 6) is -9.20. The van der Waals surface area contributed by atoms with Crippen LogP contribution in [0, 0.1) is 16.7 Å². The molecule has 23 heteroatoms. The molecule has 0 aromatic heterocycles. The molecule has 1 heterocycles. The Balaban J connectivity index is 1.32. The molecule has 1 saturated heterocycles. The van der Waals surface area contributed by atoms with Gasteiger partial charge < -0.3 is 59.1 Å². The lowest BCUT2D eigenvalue weighted by atomic mass is 9.44. The van der Waals surface area contributed by atoms with Gasteiger partial charge in [-0.3, -0.25) is 24.0 Å². The molecule has 0 radical (unpaired) electrons. The summed E-state index contributed by atoms with van der Waals surface area (Å²) in [6, 6.07) is 21.2. The molecule has 3 aliphatic carbocycles. The van der Waals surface area contributed by atoms with Crippen LogP contribution in [0.3, 0.4) is 0 Å². The highest BCUT2D eigenvalue weighted by atomic mass is 33.1. The zero-order valence-corrected chi connectivity index (χ0v) is 45.4. The number of rotatable bonds is 19. The second-order valence-corrected chi connectivity index (χ2v) is 22.9. The number of ether oxygens (including phenoxy) is 7. The molecule has 1 aliphatic heterocycles. The van der Waals surface area contributed by atoms with E-state index in [-0.39, 0.29) is 46.8 Å². The van der Waals surface area contributed by atoms with Gasteiger partial charge in [-0.2, -0.15) is 0 Å². The Bertz CT molecular complexity index is 2820. The summed E-state index contributed by atoms with van der Waals surface area (Å²) in [7, 11) is 2.23. The Morgan fingerprint density at radius 1 is 0.795 bits per heavy atom. The van der Waals surface area contributed by atoms with Crippen LogP contribution in [0.1, 0.15) is 93.6 Å². The molecule has 3 fully saturated rings. The lowest BCUT2D eigenvalue weighted by molar-refractivity contribution is -0.346. The smallest absolute Gasteiger partial charge is 0.480 e. The van der Waals surface area contributed by atoms with Gasteiger partial charge in [0.2, 0.25) is 5.91 Å². The Hall–Kier alpha value is -6.79. The molecule has 418 valence electrons. The minimum absolute atomic E-state index is 0.00935. The highest BCUT2D eigenvalue weighted by Crippen LogP contribution is 2.65. The van der Waals surface area contributed by atoms with Gasteiger partial charge >= 0.3 is 36.0 Å². The van der Waals surface area contributed by atoms with Crippen molar-refractivity contribution in [1.82, 2.24) is 10.6 Å². The van der Waals surface area contributed by atoms with E-state index in [4.69, 9.17) is 33.2 Å². The monoisotopic (exact) mass is 1120 g/mol. The molecular weight excluding hydrogens is 1060 g/mol. The van der Waals surface area contributed by atoms with Crippen LogP contribution in [0.5, 0.6) is 0 Å². The van der Waals surface area contributed by atoms with Crippen molar-refractivity contribution in [2.75, 3.05) is 24.7 Å². The van der Waals surface area contributed by atoms with E-state index >= 15 is 4.79 Å². The predicted octanol–water partition coefficient (Wildman–Crippen LogP) is 4.87. The van der Waals surface area contributed by atoms with Crippen molar-refractivity contribution in [3.8, 4) is 0 Å². The third-order valence-electron chi connectivity index (χ3n) is 15.1. The normalized spacial score (nSPS) is 27.9. The number of amides is 2. The quantitative estimate of drug-likeness (QED) is 0.0352. The van der Waals surface area contributed by atoms with Crippen molar-refractivity contribution in [3.63, 3.8) is 0 Å². The van der Waals surface area contributed by atoms with Crippen LogP contribution in [-0.2, 0) is 61.9 Å². The number of benzene rings is 3. The van der Waals surface area contributed by atoms with E-state index in [0.717, 1.165) is 35.4 Å². The maximum Gasteiger partial charge on any atom is 0.508 e. The van der Waals surface area contributed by atoms with Crippen molar-refractivity contribution in [1.29, 1.82) is 0 Å². The number of hydrogen-bond acceptors (Lipinski definition) is 20. The number of Topliss-reactive ketones (excluding diaryl/α,β-unsaturated/α-hetero) is 1. The van der Waals surface area contributed by atoms with Crippen LogP contribution >= 0.6 is 21.6 Å². The third-order valence-corrected chi connectivity index (χ3v) is 17.4. The van der Waals surface area contributed by atoms with Crippen molar-refractivity contribution < 1.29 is 91.6 Å². The standard InChI is InChI=1S/C55H62N2O19S2/c1-29-37(73-50(67)42(61)41(33-17-11-8-12-18-33)57-47(63)34-19-13-9-14-20-34)26-55(69)46(75-49(66)35-21-15-10-16-22-35)44-53(7,45(62)43(72-31(3)59)40(29)52(55,5)6)38(25-39-54(44,28-71-39)76-32(4)60)74-51(68)70-23-24-77-78-27-36(48(64)65)56-30(2)58/h8-22,36-39,41-44,46,61,69H,23-28H2,1-7H3,(H,56,58)(H,57,63)(H,64,65)/t36-,37-,38-,39+,41+,42+,43+,44?,46-,53+,54-,55+/m0/s1. The van der Waals surface area contributed by atoms with E-state index in [0.29, 0.717) is 5.56 Å². The van der Waals surface area contributed by atoms with Gasteiger partial charge in [-0.05, 0) is 54.8 Å². The summed E-state index contributed by atoms with van der Waals surface area (Å²) in [6.07, 6.45) is -12.8. The van der Waals surface area contributed by atoms with E-state index in [1.54, 1.807) is 66.7 Å². The van der Waals surface area contributed by atoms with E-state index in [9.17, 15) is 53.7 Å². The van der Waals surface area contributed by atoms with Crippen LogP contribution in [0.4, 0.5) is 4.79 Å². The maximum atomic E-state index is 16.2. The van der Waals surface area contributed by atoms with Gasteiger partial charge in [0, 0.05) is 56.1 Å². The van der Waals surface area contributed by atoms with Crippen LogP contribution in [-0.4, -0.2) is 148 Å². The van der Waals surface area contributed by atoms with Crippen LogP contribution in [0.2, 0.25) is 0 Å². The van der Waals surface area contributed by atoms with E-state index < -0.39 is 143 Å². The fraction of sp³-hybridized carbons (Fsp3) is 0.473. The lowest BCUT2D eigenvalue weighted by Crippen LogP contribution is -2.82. The van der Waals surface area contributed by atoms with Crippen LogP contribution in [0.25, 0.3) is 0 Å². The first-order valence-electron chi connectivity index (χ1n) is 25.0. The molecule has 21 nitrogen and oxygen atoms in total. The molecule has 4 aliphatic rings. The van der Waals surface area contributed by atoms with Gasteiger partial charge in [-0.1, -0.05) is 102 Å². The molecule has 78 heavy (non-hydrogen) atoms. The molecule has 2 bridgehead atoms. The van der Waals surface area contributed by atoms with Crippen molar-refractivity contribution in [2.24, 2.45) is 16.7 Å². The molecule has 3 aromatic rings. The summed E-state index contributed by atoms with van der Waals surface area (Å²) in [4.78, 5) is 123. The molecule has 5 N–H and O–H groups in total. The Morgan fingerprint density at radius 3 is 1.97 bits per heavy atom. The molecule has 1 unspecified atom stereocenters. The summed E-state index contributed by atoms with van der Waals surface area (Å²) in [5, 5.41) is 40.5. The Kier molecular flexibility index (Phi) is 18.2. The van der Waals surface area contributed by atoms with E-state index in [2.05, 4.69) is 10.6 Å². The van der Waals surface area contributed by atoms with Gasteiger partial charge in [0.25, 0.3) is 5.91 Å². The minimum Gasteiger partial charge on any atom is -0.480 e. The number of carboxylic acid groups (broad SMARTS) is 1. The first kappa shape index (κ1) is 58.9. The topological polar surface area (TPSA) is 303 Å². The fourth-order valence-corrected chi connectivity index (χ4v) is 13.2. The molecule has 3 aromatic carbocycles. The van der Waals surface area contributed by atoms with Gasteiger partial charge in [-0.25, -0.2) is 19.2 Å². The maximum absolute atomic E-state index is 16.2. The number of nitrogens with one attached hydrogen (secondary N) is 2. The average molecular weight is 1120 g/mol. The molecule has 0 spiro atoms. The minimum atomic E-state index is -2.54. The second kappa shape index (κ2) is 24.1. The summed E-state index contributed by atoms with van der Waals surface area (Å²) >= 11 is 0. The summed E-state index contributed by atoms with van der Waals surface area (Å²) in [6.45, 7) is 8.45. The zero-order valence-electron chi connectivity index (χ0n) is 43.8. The number of carbonyl (C=O) groups is 9. The van der Waals surface area contributed by atoms with Gasteiger partial charge in [0.15, 0.2) is 23.6 Å². The number of carbonyl (C=O) groups excluding carboxylic acids is 8. The van der Waals surface area contributed by atoms with Crippen LogP contribution in [0.15, 0.2) is 102 Å². The Morgan fingerprint density at radius 2 is 1.41 bits per heavy atom. The number of ketones is 1. The highest BCUT2D eigenvalue weighted by Gasteiger charge is 2.79. The van der Waals surface area contributed by atoms with Crippen molar-refractivity contribution in [3.05, 3.63) is 119 Å². The fourth-order valence-electron chi connectivity index (χ4n) is 11.2. The van der Waals surface area contributed by atoms with E-state index in [1.165, 1.54) is 58.9 Å². The average Bonchev–Trinajstić information content (AvgIpc) is 2.87. The third kappa shape index (κ3) is 11.8. The first-order chi connectivity index (χ1) is 36.9. The van der Waals surface area contributed by atoms with Crippen molar-refractivity contribution >= 4 is 75.2 Å². The SMILES string of the molecule is CC(=O)N[C@@H](CSSCCOC(=O)O[C@H]1C[C@H]2OC[C@@]2(OC(C)=O)C2[C@H](OC(=O)c3ccccc3)[C@]3(O)C[C@H](OC(=O)[C@H](O)[C@H](NC(=O)c4ccccc4)c4ccccc4)C(C)=C([C@@H](OC(C)=O)C(=O)[C@@]21C)C3(C)C)C(=O)O. The first-order valence-corrected chi connectivity index (χ1v) is 27.5. The largest absolute Gasteiger partial charge is 0.508 e. The number of fused-ring (bicyclic) bond motifs is 5. The summed E-state index contributed by atoms with van der Waals surface area (Å²) in [5.41, 5.74) is -8.04. The molecular formula is C55H62N2O19S2. The highest BCUT2D eigenvalue weighted by molar-refractivity contribution is 8.76. The van der Waals surface area contributed by atoms with Gasteiger partial charge in [-0.15, -0.1) is 0 Å². The number of esters is 4. The molecule has 12 atom stereocenters. The zero-order chi connectivity index (χ0) is 56.9. The number of hydrogen-bond donors (Lipinski definition) is 5. The number of aliphatic hydroxyl groups is 2. The van der Waals surface area contributed by atoms with Crippen LogP contribution < -0.4 is 10.6 Å². The predicted molar refractivity (Wildman–Crippen MR) is 278 cm³/mol. The van der Waals surface area contributed by atoms with Crippen molar-refractivity contribution in [2.45, 2.75) is 121 Å². The molecule has 2 amide bonds. The lowest BCUT2D eigenvalue weighted by Gasteiger charge is -2.67. The van der Waals surface area contributed by atoms with Gasteiger partial charge in [0.1, 0.15) is 42.7 Å². The molecule has 2 saturated carbocycles. The summed E-state index contributed by atoms with van der Waals surface area (Å²) < 4.78 is 42.4. The second-order valence-electron chi connectivity index (χ2n) is 20.2. The van der Waals surface area contributed by atoms with E-state index in [1.807, 2.05) is 0 Å². The van der Waals surface area contributed by atoms with Gasteiger partial charge in [0.05, 0.1) is 29.5 Å². The number of aliphatic hydroxyl groups excluding tert-OH is 1. The number of aliphatic carboxylic acids is 1. The molecule has 7 rings (SSSR count). The number of carboxylic acids is 1. The Labute approximate surface area is 457 Å².